The summed E-state index contributed by atoms with van der Waals surface area (Å²) in [7, 11) is 1.85. The molecular weight excluding hydrogens is 262 g/mol. The van der Waals surface area contributed by atoms with Gasteiger partial charge in [-0.15, -0.1) is 0 Å². The van der Waals surface area contributed by atoms with Gasteiger partial charge in [-0.1, -0.05) is 0 Å². The highest BCUT2D eigenvalue weighted by Crippen LogP contribution is 2.18. The van der Waals surface area contributed by atoms with E-state index >= 15 is 0 Å². The van der Waals surface area contributed by atoms with Crippen molar-refractivity contribution in [3.05, 3.63) is 52.3 Å². The van der Waals surface area contributed by atoms with Gasteiger partial charge in [-0.25, -0.2) is 0 Å². The fourth-order valence-corrected chi connectivity index (χ4v) is 2.09. The lowest BCUT2D eigenvalue weighted by Crippen LogP contribution is -2.02. The van der Waals surface area contributed by atoms with E-state index in [9.17, 15) is 0 Å². The van der Waals surface area contributed by atoms with E-state index in [4.69, 9.17) is 15.8 Å². The van der Waals surface area contributed by atoms with Crippen molar-refractivity contribution in [2.75, 3.05) is 5.32 Å². The standard InChI is InChI=1S/C16H13N5/c1-11-14(6-16(9-19)21(11)2)10-20-15-4-3-12(7-17)13(5-15)8-18/h3-6,20H,10H2,1-2H3. The van der Waals surface area contributed by atoms with Crippen LogP contribution in [0.5, 0.6) is 0 Å². The van der Waals surface area contributed by atoms with Crippen LogP contribution in [0.15, 0.2) is 24.3 Å². The maximum absolute atomic E-state index is 9.01. The normalized spacial score (nSPS) is 9.48. The lowest BCUT2D eigenvalue weighted by molar-refractivity contribution is 0.856. The van der Waals surface area contributed by atoms with E-state index in [2.05, 4.69) is 11.4 Å². The summed E-state index contributed by atoms with van der Waals surface area (Å²) in [5, 5.41) is 30.1. The molecule has 0 fully saturated rings. The molecule has 0 aliphatic rings. The maximum Gasteiger partial charge on any atom is 0.120 e. The van der Waals surface area contributed by atoms with Crippen molar-refractivity contribution in [3.8, 4) is 18.2 Å². The number of nitriles is 3. The molecule has 5 nitrogen and oxygen atoms in total. The second-order valence-corrected chi connectivity index (χ2v) is 4.65. The number of aromatic nitrogens is 1. The van der Waals surface area contributed by atoms with Crippen molar-refractivity contribution in [2.45, 2.75) is 13.5 Å². The molecule has 0 atom stereocenters. The Labute approximate surface area is 123 Å². The first kappa shape index (κ1) is 14.2. The third-order valence-corrected chi connectivity index (χ3v) is 3.50. The Hall–Kier alpha value is -3.23. The first-order valence-electron chi connectivity index (χ1n) is 6.34. The Balaban J connectivity index is 2.20. The van der Waals surface area contributed by atoms with E-state index in [0.717, 1.165) is 16.9 Å². The highest BCUT2D eigenvalue weighted by Gasteiger charge is 2.09. The first-order valence-corrected chi connectivity index (χ1v) is 6.34. The summed E-state index contributed by atoms with van der Waals surface area (Å²) in [5.74, 6) is 0. The van der Waals surface area contributed by atoms with Gasteiger partial charge in [0.15, 0.2) is 0 Å². The fraction of sp³-hybridized carbons (Fsp3) is 0.188. The van der Waals surface area contributed by atoms with E-state index in [1.165, 1.54) is 0 Å². The van der Waals surface area contributed by atoms with Gasteiger partial charge < -0.3 is 9.88 Å². The molecule has 2 rings (SSSR count). The van der Waals surface area contributed by atoms with E-state index in [1.54, 1.807) is 18.2 Å². The molecule has 1 aromatic heterocycles. The Morgan fingerprint density at radius 2 is 1.76 bits per heavy atom. The quantitative estimate of drug-likeness (QED) is 0.932. The Morgan fingerprint density at radius 1 is 1.05 bits per heavy atom. The summed E-state index contributed by atoms with van der Waals surface area (Å²) in [6.45, 7) is 2.51. The smallest absolute Gasteiger partial charge is 0.120 e. The second kappa shape index (κ2) is 5.82. The van der Waals surface area contributed by atoms with Gasteiger partial charge in [-0.3, -0.25) is 0 Å². The Kier molecular flexibility index (Phi) is 3.93. The number of nitrogens with zero attached hydrogens (tertiary/aromatic N) is 4. The average molecular weight is 275 g/mol. The molecule has 0 saturated carbocycles. The van der Waals surface area contributed by atoms with E-state index in [1.807, 2.05) is 36.7 Å². The maximum atomic E-state index is 9.01. The molecule has 1 N–H and O–H groups in total. The van der Waals surface area contributed by atoms with Gasteiger partial charge >= 0.3 is 0 Å². The summed E-state index contributed by atoms with van der Waals surface area (Å²) < 4.78 is 1.84. The minimum atomic E-state index is 0.352. The molecule has 1 heterocycles. The minimum Gasteiger partial charge on any atom is -0.381 e. The SMILES string of the molecule is Cc1c(CNc2ccc(C#N)c(C#N)c2)cc(C#N)n1C. The van der Waals surface area contributed by atoms with Crippen LogP contribution in [0.2, 0.25) is 0 Å². The van der Waals surface area contributed by atoms with Crippen LogP contribution in [0.3, 0.4) is 0 Å². The zero-order valence-electron chi connectivity index (χ0n) is 11.8. The molecule has 0 unspecified atom stereocenters. The lowest BCUT2D eigenvalue weighted by atomic mass is 10.1. The molecule has 0 saturated heterocycles. The topological polar surface area (TPSA) is 88.3 Å². The van der Waals surface area contributed by atoms with Gasteiger partial charge in [-0.2, -0.15) is 15.8 Å². The monoisotopic (exact) mass is 275 g/mol. The molecule has 1 aromatic carbocycles. The van der Waals surface area contributed by atoms with E-state index in [-0.39, 0.29) is 0 Å². The van der Waals surface area contributed by atoms with Crippen LogP contribution in [0.1, 0.15) is 28.1 Å². The van der Waals surface area contributed by atoms with Crippen LogP contribution < -0.4 is 5.32 Å². The highest BCUT2D eigenvalue weighted by atomic mass is 15.0. The molecule has 21 heavy (non-hydrogen) atoms. The molecule has 0 aliphatic heterocycles. The zero-order chi connectivity index (χ0) is 15.4. The third-order valence-electron chi connectivity index (χ3n) is 3.50. The van der Waals surface area contributed by atoms with Crippen molar-refractivity contribution in [3.63, 3.8) is 0 Å². The van der Waals surface area contributed by atoms with Crippen LogP contribution in [0.4, 0.5) is 5.69 Å². The van der Waals surface area contributed by atoms with Gasteiger partial charge in [0.05, 0.1) is 11.1 Å². The number of hydrogen-bond donors (Lipinski definition) is 1. The van der Waals surface area contributed by atoms with Crippen LogP contribution in [-0.2, 0) is 13.6 Å². The van der Waals surface area contributed by atoms with E-state index < -0.39 is 0 Å². The number of anilines is 1. The average Bonchev–Trinajstić information content (AvgIpc) is 2.80. The predicted molar refractivity (Wildman–Crippen MR) is 78.1 cm³/mol. The summed E-state index contributed by atoms with van der Waals surface area (Å²) in [6.07, 6.45) is 0. The highest BCUT2D eigenvalue weighted by molar-refractivity contribution is 5.56. The van der Waals surface area contributed by atoms with Crippen LogP contribution in [-0.4, -0.2) is 4.57 Å². The van der Waals surface area contributed by atoms with Crippen molar-refractivity contribution < 1.29 is 0 Å². The third kappa shape index (κ3) is 2.71. The van der Waals surface area contributed by atoms with Crippen LogP contribution in [0, 0.1) is 40.9 Å². The molecule has 0 spiro atoms. The minimum absolute atomic E-state index is 0.352. The molecule has 0 bridgehead atoms. The van der Waals surface area contributed by atoms with Gasteiger partial charge in [0.25, 0.3) is 0 Å². The summed E-state index contributed by atoms with van der Waals surface area (Å²) in [5.41, 5.74) is 4.15. The number of nitrogens with one attached hydrogen (secondary N) is 1. The molecular formula is C16H13N5. The molecule has 0 amide bonds. The van der Waals surface area contributed by atoms with Gasteiger partial charge in [0, 0.05) is 25.0 Å². The van der Waals surface area contributed by atoms with Crippen molar-refractivity contribution >= 4 is 5.69 Å². The second-order valence-electron chi connectivity index (χ2n) is 4.65. The van der Waals surface area contributed by atoms with Crippen molar-refractivity contribution in [1.29, 1.82) is 15.8 Å². The van der Waals surface area contributed by atoms with Crippen molar-refractivity contribution in [2.24, 2.45) is 7.05 Å². The Morgan fingerprint density at radius 3 is 2.33 bits per heavy atom. The molecule has 102 valence electrons. The summed E-state index contributed by atoms with van der Waals surface area (Å²) in [4.78, 5) is 0. The summed E-state index contributed by atoms with van der Waals surface area (Å²) in [6, 6.07) is 13.0. The molecule has 0 aliphatic carbocycles. The van der Waals surface area contributed by atoms with Crippen LogP contribution in [0.25, 0.3) is 0 Å². The molecule has 0 radical (unpaired) electrons. The number of hydrogen-bond acceptors (Lipinski definition) is 4. The van der Waals surface area contributed by atoms with Crippen LogP contribution >= 0.6 is 0 Å². The first-order chi connectivity index (χ1) is 10.1. The molecule has 2 aromatic rings. The number of rotatable bonds is 3. The predicted octanol–water partition coefficient (Wildman–Crippen LogP) is 2.56. The lowest BCUT2D eigenvalue weighted by Gasteiger charge is -2.07. The largest absolute Gasteiger partial charge is 0.381 e. The number of benzene rings is 1. The fourth-order valence-electron chi connectivity index (χ4n) is 2.09. The molecule has 5 heteroatoms. The zero-order valence-corrected chi connectivity index (χ0v) is 11.8. The van der Waals surface area contributed by atoms with Gasteiger partial charge in [0.1, 0.15) is 23.9 Å². The van der Waals surface area contributed by atoms with Crippen molar-refractivity contribution in [1.82, 2.24) is 4.57 Å². The van der Waals surface area contributed by atoms with E-state index in [0.29, 0.717) is 23.4 Å². The summed E-state index contributed by atoms with van der Waals surface area (Å²) >= 11 is 0. The van der Waals surface area contributed by atoms with Gasteiger partial charge in [0.2, 0.25) is 0 Å². The Bertz CT molecular complexity index is 809. The van der Waals surface area contributed by atoms with Gasteiger partial charge in [-0.05, 0) is 36.8 Å².